The highest BCUT2D eigenvalue weighted by Crippen LogP contribution is 2.67. The molecule has 0 radical (unpaired) electrons. The summed E-state index contributed by atoms with van der Waals surface area (Å²) in [4.78, 5) is 4.40. The maximum absolute atomic E-state index is 10.2. The van der Waals surface area contributed by atoms with Crippen molar-refractivity contribution in [3.8, 4) is 5.88 Å². The van der Waals surface area contributed by atoms with Gasteiger partial charge in [0.15, 0.2) is 0 Å². The molecule has 3 fully saturated rings. The van der Waals surface area contributed by atoms with Crippen LogP contribution in [0.4, 0.5) is 0 Å². The van der Waals surface area contributed by atoms with Gasteiger partial charge in [-0.2, -0.15) is 0 Å². The number of aliphatic hydroxyl groups is 2. The lowest BCUT2D eigenvalue weighted by Crippen LogP contribution is -2.51. The lowest BCUT2D eigenvalue weighted by atomic mass is 9.47. The van der Waals surface area contributed by atoms with E-state index in [1.54, 1.807) is 5.57 Å². The van der Waals surface area contributed by atoms with Crippen molar-refractivity contribution in [1.82, 2.24) is 4.98 Å². The van der Waals surface area contributed by atoms with Crippen LogP contribution in [0.15, 0.2) is 29.8 Å². The van der Waals surface area contributed by atoms with E-state index in [1.807, 2.05) is 18.2 Å². The van der Waals surface area contributed by atoms with Crippen molar-refractivity contribution in [3.05, 3.63) is 35.5 Å². The molecular weight excluding hydrogens is 398 g/mol. The molecule has 4 aliphatic carbocycles. The molecule has 32 heavy (non-hydrogen) atoms. The molecule has 1 aromatic rings. The van der Waals surface area contributed by atoms with E-state index in [9.17, 15) is 10.2 Å². The molecule has 4 aliphatic rings. The minimum atomic E-state index is -0.121. The van der Waals surface area contributed by atoms with Crippen molar-refractivity contribution in [2.75, 3.05) is 6.61 Å². The van der Waals surface area contributed by atoms with E-state index in [0.29, 0.717) is 40.8 Å². The number of aliphatic hydroxyl groups excluding tert-OH is 2. The van der Waals surface area contributed by atoms with Crippen molar-refractivity contribution >= 4 is 0 Å². The summed E-state index contributed by atoms with van der Waals surface area (Å²) >= 11 is 0. The third-order valence-electron chi connectivity index (χ3n) is 10.3. The van der Waals surface area contributed by atoms with Crippen LogP contribution in [-0.2, 0) is 6.61 Å². The molecule has 0 spiro atoms. The fourth-order valence-electron chi connectivity index (χ4n) is 8.58. The first kappa shape index (κ1) is 22.4. The fraction of sp³-hybridized carbons (Fsp3) is 0.750. The topological polar surface area (TPSA) is 62.6 Å². The third kappa shape index (κ3) is 3.62. The van der Waals surface area contributed by atoms with Crippen molar-refractivity contribution in [3.63, 3.8) is 0 Å². The fourth-order valence-corrected chi connectivity index (χ4v) is 8.58. The van der Waals surface area contributed by atoms with Crippen LogP contribution in [0.25, 0.3) is 0 Å². The van der Waals surface area contributed by atoms with Crippen molar-refractivity contribution < 1.29 is 14.9 Å². The molecular formula is C28H41NO3. The monoisotopic (exact) mass is 439 g/mol. The predicted octanol–water partition coefficient (Wildman–Crippen LogP) is 5.53. The Morgan fingerprint density at radius 2 is 1.97 bits per heavy atom. The quantitative estimate of drug-likeness (QED) is 0.592. The van der Waals surface area contributed by atoms with E-state index < -0.39 is 0 Å². The Hall–Kier alpha value is -1.39. The average Bonchev–Trinajstić information content (AvgIpc) is 3.15. The highest BCUT2D eigenvalue weighted by Gasteiger charge is 2.59. The van der Waals surface area contributed by atoms with Gasteiger partial charge in [0.05, 0.1) is 25.0 Å². The second kappa shape index (κ2) is 8.43. The lowest BCUT2D eigenvalue weighted by molar-refractivity contribution is -0.0592. The van der Waals surface area contributed by atoms with Gasteiger partial charge in [-0.3, -0.25) is 0 Å². The molecule has 4 heteroatoms. The molecule has 176 valence electrons. The zero-order valence-electron chi connectivity index (χ0n) is 20.1. The second-order valence-corrected chi connectivity index (χ2v) is 11.8. The SMILES string of the molecule is C[C@H](COc1cccc(CO)n1)[C@H]1CC[C@H]2[C@@H]3CC=C4C[C@@H](O)CC[C@]4(C)[C@H]3CC[C@]12C. The van der Waals surface area contributed by atoms with E-state index in [0.717, 1.165) is 37.0 Å². The van der Waals surface area contributed by atoms with Crippen molar-refractivity contribution in [1.29, 1.82) is 0 Å². The molecule has 5 rings (SSSR count). The molecule has 1 heterocycles. The molecule has 0 bridgehead atoms. The summed E-state index contributed by atoms with van der Waals surface area (Å²) in [6.45, 7) is 8.11. The summed E-state index contributed by atoms with van der Waals surface area (Å²) in [5.41, 5.74) is 2.95. The largest absolute Gasteiger partial charge is 0.477 e. The number of nitrogens with zero attached hydrogens (tertiary/aromatic N) is 1. The minimum Gasteiger partial charge on any atom is -0.477 e. The zero-order valence-corrected chi connectivity index (χ0v) is 20.1. The molecule has 2 N–H and O–H groups in total. The number of allylic oxidation sites excluding steroid dienone is 1. The van der Waals surface area contributed by atoms with Gasteiger partial charge in [0.1, 0.15) is 0 Å². The number of rotatable bonds is 5. The molecule has 3 saturated carbocycles. The van der Waals surface area contributed by atoms with Gasteiger partial charge in [0, 0.05) is 6.07 Å². The Morgan fingerprint density at radius 1 is 1.12 bits per heavy atom. The van der Waals surface area contributed by atoms with Gasteiger partial charge >= 0.3 is 0 Å². The third-order valence-corrected chi connectivity index (χ3v) is 10.3. The van der Waals surface area contributed by atoms with Gasteiger partial charge in [-0.15, -0.1) is 0 Å². The zero-order chi connectivity index (χ0) is 22.5. The molecule has 0 aliphatic heterocycles. The summed E-state index contributed by atoms with van der Waals surface area (Å²) in [6.07, 6.45) is 12.0. The molecule has 4 nitrogen and oxygen atoms in total. The first-order chi connectivity index (χ1) is 15.3. The van der Waals surface area contributed by atoms with E-state index in [-0.39, 0.29) is 12.7 Å². The number of fused-ring (bicyclic) bond motifs is 5. The van der Waals surface area contributed by atoms with E-state index in [1.165, 1.54) is 32.1 Å². The van der Waals surface area contributed by atoms with Gasteiger partial charge in [-0.25, -0.2) is 4.98 Å². The van der Waals surface area contributed by atoms with E-state index >= 15 is 0 Å². The van der Waals surface area contributed by atoms with E-state index in [4.69, 9.17) is 4.74 Å². The number of ether oxygens (including phenoxy) is 1. The standard InChI is InChI=1S/C28H41NO3/c1-18(17-32-26-6-4-5-20(16-30)29-26)23-9-10-24-22-8-7-19-15-21(31)11-13-27(19,2)25(22)12-14-28(23,24)3/h4-7,18,21-25,30-31H,8-17H2,1-3H3/t18-,21+,22+,23-,24+,25+,27+,28-/m1/s1. The van der Waals surface area contributed by atoms with Crippen molar-refractivity contribution in [2.45, 2.75) is 84.8 Å². The van der Waals surface area contributed by atoms with E-state index in [2.05, 4.69) is 31.8 Å². The van der Waals surface area contributed by atoms with Gasteiger partial charge in [0.2, 0.25) is 5.88 Å². The highest BCUT2D eigenvalue weighted by molar-refractivity contribution is 5.25. The second-order valence-electron chi connectivity index (χ2n) is 11.8. The predicted molar refractivity (Wildman–Crippen MR) is 126 cm³/mol. The molecule has 0 unspecified atom stereocenters. The number of hydrogen-bond acceptors (Lipinski definition) is 4. The van der Waals surface area contributed by atoms with Crippen molar-refractivity contribution in [2.24, 2.45) is 40.4 Å². The van der Waals surface area contributed by atoms with Crippen LogP contribution in [0, 0.1) is 40.4 Å². The number of pyridine rings is 1. The average molecular weight is 440 g/mol. The normalized spacial score (nSPS) is 41.8. The maximum atomic E-state index is 10.2. The molecule has 0 amide bonds. The lowest BCUT2D eigenvalue weighted by Gasteiger charge is -2.58. The number of hydrogen-bond donors (Lipinski definition) is 2. The summed E-state index contributed by atoms with van der Waals surface area (Å²) in [5.74, 6) is 4.23. The summed E-state index contributed by atoms with van der Waals surface area (Å²) < 4.78 is 6.10. The van der Waals surface area contributed by atoms with Gasteiger partial charge in [-0.1, -0.05) is 38.5 Å². The van der Waals surface area contributed by atoms with Crippen LogP contribution in [0.5, 0.6) is 5.88 Å². The summed E-state index contributed by atoms with van der Waals surface area (Å²) in [5, 5.41) is 19.6. The van der Waals surface area contributed by atoms with Crippen LogP contribution in [-0.4, -0.2) is 27.9 Å². The Morgan fingerprint density at radius 3 is 2.78 bits per heavy atom. The highest BCUT2D eigenvalue weighted by atomic mass is 16.5. The Kier molecular flexibility index (Phi) is 5.90. The van der Waals surface area contributed by atoms with Crippen LogP contribution in [0.2, 0.25) is 0 Å². The Bertz CT molecular complexity index is 868. The molecule has 1 aromatic heterocycles. The van der Waals surface area contributed by atoms with Crippen LogP contribution in [0.3, 0.4) is 0 Å². The number of aromatic nitrogens is 1. The van der Waals surface area contributed by atoms with Crippen LogP contribution < -0.4 is 4.74 Å². The molecule has 0 saturated heterocycles. The first-order valence-electron chi connectivity index (χ1n) is 12.9. The van der Waals surface area contributed by atoms with Gasteiger partial charge < -0.3 is 14.9 Å². The smallest absolute Gasteiger partial charge is 0.213 e. The van der Waals surface area contributed by atoms with Gasteiger partial charge in [-0.05, 0) is 97.9 Å². The summed E-state index contributed by atoms with van der Waals surface area (Å²) in [7, 11) is 0. The minimum absolute atomic E-state index is 0.0499. The van der Waals surface area contributed by atoms with Gasteiger partial charge in [0.25, 0.3) is 0 Å². The van der Waals surface area contributed by atoms with Crippen LogP contribution >= 0.6 is 0 Å². The maximum Gasteiger partial charge on any atom is 0.213 e. The Balaban J connectivity index is 1.29. The molecule has 8 atom stereocenters. The first-order valence-corrected chi connectivity index (χ1v) is 12.9. The summed E-state index contributed by atoms with van der Waals surface area (Å²) in [6, 6.07) is 5.63. The Labute approximate surface area is 193 Å². The molecule has 0 aromatic carbocycles. The van der Waals surface area contributed by atoms with Crippen LogP contribution in [0.1, 0.15) is 77.8 Å².